The number of amides is 1. The van der Waals surface area contributed by atoms with E-state index < -0.39 is 11.9 Å². The third kappa shape index (κ3) is 5.84. The lowest BCUT2D eigenvalue weighted by Crippen LogP contribution is -2.29. The van der Waals surface area contributed by atoms with Crippen molar-refractivity contribution >= 4 is 52.5 Å². The third-order valence-corrected chi connectivity index (χ3v) is 6.60. The molecule has 2 N–H and O–H groups in total. The highest BCUT2D eigenvalue weighted by molar-refractivity contribution is 8.03. The summed E-state index contributed by atoms with van der Waals surface area (Å²) in [5, 5.41) is 17.2. The first-order chi connectivity index (χ1) is 16.4. The van der Waals surface area contributed by atoms with Gasteiger partial charge in [-0.1, -0.05) is 78.0 Å². The molecule has 3 rings (SSSR count). The van der Waals surface area contributed by atoms with Gasteiger partial charge in [-0.15, -0.1) is 0 Å². The van der Waals surface area contributed by atoms with Crippen LogP contribution in [-0.4, -0.2) is 24.2 Å². The van der Waals surface area contributed by atoms with Crippen molar-refractivity contribution in [2.75, 3.05) is 17.7 Å². The fourth-order valence-corrected chi connectivity index (χ4v) is 4.74. The molecule has 1 aliphatic rings. The second-order valence-electron chi connectivity index (χ2n) is 7.18. The average molecular weight is 514 g/mol. The van der Waals surface area contributed by atoms with Gasteiger partial charge in [0.15, 0.2) is 0 Å². The number of nitriles is 1. The summed E-state index contributed by atoms with van der Waals surface area (Å²) in [6.07, 6.45) is 1.47. The van der Waals surface area contributed by atoms with Crippen LogP contribution >= 0.6 is 35.0 Å². The number of carbonyl (C=O) groups is 2. The Hall–Kier alpha value is -3.18. The molecule has 0 aliphatic carbocycles. The Morgan fingerprint density at radius 2 is 1.88 bits per heavy atom. The van der Waals surface area contributed by atoms with Crippen LogP contribution in [0.15, 0.2) is 83.1 Å². The molecule has 174 valence electrons. The quantitative estimate of drug-likeness (QED) is 0.342. The highest BCUT2D eigenvalue weighted by atomic mass is 35.5. The standard InChI is InChI=1S/C25H21Cl2N3O3S/c1-3-12-33-25(32)22-15(2)29-24(17(13-28)23(22)16-8-4-5-9-18(16)26)34-14-21(31)30-20-11-7-6-10-19(20)27/h3-11,23,29H,1,12,14H2,2H3,(H,30,31)/t23-/m0/s1. The van der Waals surface area contributed by atoms with Crippen LogP contribution in [0.25, 0.3) is 0 Å². The van der Waals surface area contributed by atoms with Gasteiger partial charge in [0.25, 0.3) is 0 Å². The maximum atomic E-state index is 12.9. The summed E-state index contributed by atoms with van der Waals surface area (Å²) < 4.78 is 5.28. The van der Waals surface area contributed by atoms with E-state index in [2.05, 4.69) is 23.3 Å². The van der Waals surface area contributed by atoms with E-state index in [9.17, 15) is 14.9 Å². The lowest BCUT2D eigenvalue weighted by Gasteiger charge is -2.29. The van der Waals surface area contributed by atoms with E-state index >= 15 is 0 Å². The Morgan fingerprint density at radius 3 is 2.53 bits per heavy atom. The highest BCUT2D eigenvalue weighted by Gasteiger charge is 2.36. The van der Waals surface area contributed by atoms with Crippen LogP contribution in [0.1, 0.15) is 18.4 Å². The summed E-state index contributed by atoms with van der Waals surface area (Å²) in [7, 11) is 0. The molecule has 0 unspecified atom stereocenters. The molecule has 2 aromatic rings. The number of esters is 1. The molecule has 0 radical (unpaired) electrons. The molecule has 1 amide bonds. The van der Waals surface area contributed by atoms with Crippen LogP contribution in [0.2, 0.25) is 10.0 Å². The van der Waals surface area contributed by atoms with Crippen LogP contribution < -0.4 is 10.6 Å². The van der Waals surface area contributed by atoms with Gasteiger partial charge in [-0.3, -0.25) is 4.79 Å². The van der Waals surface area contributed by atoms with Gasteiger partial charge in [0, 0.05) is 10.7 Å². The summed E-state index contributed by atoms with van der Waals surface area (Å²) in [5.41, 5.74) is 2.13. The van der Waals surface area contributed by atoms with Crippen molar-refractivity contribution in [2.45, 2.75) is 12.8 Å². The second kappa shape index (κ2) is 11.8. The Labute approximate surface area is 212 Å². The number of hydrogen-bond donors (Lipinski definition) is 2. The molecule has 0 spiro atoms. The van der Waals surface area contributed by atoms with Crippen LogP contribution in [0.3, 0.4) is 0 Å². The zero-order valence-electron chi connectivity index (χ0n) is 18.2. The lowest BCUT2D eigenvalue weighted by molar-refractivity contribution is -0.138. The maximum absolute atomic E-state index is 12.9. The fourth-order valence-electron chi connectivity index (χ4n) is 3.42. The average Bonchev–Trinajstić information content (AvgIpc) is 2.82. The first-order valence-corrected chi connectivity index (χ1v) is 11.9. The molecule has 9 heteroatoms. The van der Waals surface area contributed by atoms with Crippen molar-refractivity contribution < 1.29 is 14.3 Å². The number of allylic oxidation sites excluding steroid dienone is 2. The zero-order chi connectivity index (χ0) is 24.7. The zero-order valence-corrected chi connectivity index (χ0v) is 20.6. The third-order valence-electron chi connectivity index (χ3n) is 4.91. The predicted molar refractivity (Wildman–Crippen MR) is 136 cm³/mol. The Balaban J connectivity index is 1.93. The number of hydrogen-bond acceptors (Lipinski definition) is 6. The maximum Gasteiger partial charge on any atom is 0.337 e. The first kappa shape index (κ1) is 25.4. The van der Waals surface area contributed by atoms with Gasteiger partial charge in [0.05, 0.1) is 44.6 Å². The summed E-state index contributed by atoms with van der Waals surface area (Å²) >= 11 is 13.7. The molecule has 0 aromatic heterocycles. The van der Waals surface area contributed by atoms with E-state index in [1.165, 1.54) is 6.08 Å². The molecule has 0 bridgehead atoms. The van der Waals surface area contributed by atoms with Crippen LogP contribution in [0.5, 0.6) is 0 Å². The van der Waals surface area contributed by atoms with E-state index in [1.54, 1.807) is 55.5 Å². The van der Waals surface area contributed by atoms with Crippen LogP contribution in [0.4, 0.5) is 5.69 Å². The van der Waals surface area contributed by atoms with Crippen molar-refractivity contribution in [3.63, 3.8) is 0 Å². The minimum atomic E-state index is -0.758. The number of nitrogens with one attached hydrogen (secondary N) is 2. The minimum absolute atomic E-state index is 0.0114. The van der Waals surface area contributed by atoms with Gasteiger partial charge in [-0.05, 0) is 30.7 Å². The minimum Gasteiger partial charge on any atom is -0.458 e. The number of rotatable bonds is 8. The topological polar surface area (TPSA) is 91.2 Å². The molecule has 34 heavy (non-hydrogen) atoms. The number of thioether (sulfide) groups is 1. The molecule has 2 aromatic carbocycles. The molecule has 1 aliphatic heterocycles. The largest absolute Gasteiger partial charge is 0.458 e. The molecule has 0 saturated heterocycles. The number of ether oxygens (including phenoxy) is 1. The number of benzene rings is 2. The number of para-hydroxylation sites is 1. The van der Waals surface area contributed by atoms with E-state index in [0.29, 0.717) is 32.0 Å². The number of nitrogens with zero attached hydrogens (tertiary/aromatic N) is 1. The van der Waals surface area contributed by atoms with Gasteiger partial charge in [-0.25, -0.2) is 4.79 Å². The van der Waals surface area contributed by atoms with Gasteiger partial charge >= 0.3 is 5.97 Å². The number of anilines is 1. The molecule has 6 nitrogen and oxygen atoms in total. The molecular formula is C25H21Cl2N3O3S. The van der Waals surface area contributed by atoms with Crippen LogP contribution in [-0.2, 0) is 14.3 Å². The van der Waals surface area contributed by atoms with Crippen molar-refractivity contribution in [2.24, 2.45) is 0 Å². The van der Waals surface area contributed by atoms with E-state index in [1.807, 2.05) is 0 Å². The second-order valence-corrected chi connectivity index (χ2v) is 8.98. The number of dihydropyridines is 1. The van der Waals surface area contributed by atoms with Gasteiger partial charge in [0.1, 0.15) is 6.61 Å². The monoisotopic (exact) mass is 513 g/mol. The van der Waals surface area contributed by atoms with Crippen molar-refractivity contribution in [3.05, 3.63) is 98.7 Å². The molecule has 0 saturated carbocycles. The van der Waals surface area contributed by atoms with Gasteiger partial charge in [0.2, 0.25) is 5.91 Å². The summed E-state index contributed by atoms with van der Waals surface area (Å²) in [6.45, 7) is 5.31. The summed E-state index contributed by atoms with van der Waals surface area (Å²) in [5.74, 6) is -1.62. The highest BCUT2D eigenvalue weighted by Crippen LogP contribution is 2.43. The smallest absolute Gasteiger partial charge is 0.337 e. The lowest BCUT2D eigenvalue weighted by atomic mass is 9.82. The Bertz CT molecular complexity index is 1230. The first-order valence-electron chi connectivity index (χ1n) is 10.2. The fraction of sp³-hybridized carbons (Fsp3) is 0.160. The van der Waals surface area contributed by atoms with Crippen LogP contribution in [0, 0.1) is 11.3 Å². The van der Waals surface area contributed by atoms with Gasteiger partial charge < -0.3 is 15.4 Å². The molecule has 1 heterocycles. The SMILES string of the molecule is C=CCOC(=O)C1=C(C)NC(SCC(=O)Nc2ccccc2Cl)=C(C#N)[C@@H]1c1ccccc1Cl. The van der Waals surface area contributed by atoms with E-state index in [0.717, 1.165) is 11.8 Å². The molecule has 1 atom stereocenters. The Kier molecular flexibility index (Phi) is 8.83. The summed E-state index contributed by atoms with van der Waals surface area (Å²) in [4.78, 5) is 25.4. The molecular weight excluding hydrogens is 493 g/mol. The molecule has 0 fully saturated rings. The van der Waals surface area contributed by atoms with Crippen molar-refractivity contribution in [1.29, 1.82) is 5.26 Å². The number of halogens is 2. The normalized spacial score (nSPS) is 15.3. The van der Waals surface area contributed by atoms with Crippen molar-refractivity contribution in [3.8, 4) is 6.07 Å². The predicted octanol–water partition coefficient (Wildman–Crippen LogP) is 5.79. The summed E-state index contributed by atoms with van der Waals surface area (Å²) in [6, 6.07) is 16.1. The Morgan fingerprint density at radius 1 is 1.21 bits per heavy atom. The van der Waals surface area contributed by atoms with E-state index in [-0.39, 0.29) is 29.4 Å². The van der Waals surface area contributed by atoms with E-state index in [4.69, 9.17) is 27.9 Å². The number of carbonyl (C=O) groups excluding carboxylic acids is 2. The van der Waals surface area contributed by atoms with Crippen molar-refractivity contribution in [1.82, 2.24) is 5.32 Å². The van der Waals surface area contributed by atoms with Gasteiger partial charge in [-0.2, -0.15) is 5.26 Å².